The summed E-state index contributed by atoms with van der Waals surface area (Å²) in [5.74, 6) is -1.36. The number of aromatic carboxylic acids is 1. The number of para-hydroxylation sites is 1. The van der Waals surface area contributed by atoms with Crippen LogP contribution in [0.1, 0.15) is 49.4 Å². The van der Waals surface area contributed by atoms with Gasteiger partial charge in [0.05, 0.1) is 23.0 Å². The van der Waals surface area contributed by atoms with Crippen LogP contribution in [-0.4, -0.2) is 44.6 Å². The first-order valence-electron chi connectivity index (χ1n) is 10.3. The Morgan fingerprint density at radius 1 is 1.16 bits per heavy atom. The summed E-state index contributed by atoms with van der Waals surface area (Å²) in [4.78, 5) is 24.1. The molecule has 0 radical (unpaired) electrons. The summed E-state index contributed by atoms with van der Waals surface area (Å²) >= 11 is 0. The fraction of sp³-hybridized carbons (Fsp3) is 0.304. The zero-order valence-corrected chi connectivity index (χ0v) is 17.2. The van der Waals surface area contributed by atoms with E-state index in [1.54, 1.807) is 42.3 Å². The number of aromatic hydroxyl groups is 1. The number of amides is 1. The Morgan fingerprint density at radius 2 is 1.90 bits per heavy atom. The first-order chi connectivity index (χ1) is 15.0. The van der Waals surface area contributed by atoms with Gasteiger partial charge in [0.1, 0.15) is 5.75 Å². The SMILES string of the molecule is CC1=NN(C2CCCCC2)C(=O)C1=NNc1cccc(-c2cccc(C(=O)O)c2)c1O. The molecule has 160 valence electrons. The van der Waals surface area contributed by atoms with Crippen LogP contribution in [-0.2, 0) is 4.79 Å². The van der Waals surface area contributed by atoms with Crippen LogP contribution in [0.25, 0.3) is 11.1 Å². The third kappa shape index (κ3) is 4.14. The van der Waals surface area contributed by atoms with Crippen LogP contribution in [0, 0.1) is 0 Å². The van der Waals surface area contributed by atoms with Crippen molar-refractivity contribution in [1.82, 2.24) is 5.01 Å². The van der Waals surface area contributed by atoms with E-state index < -0.39 is 5.97 Å². The molecule has 2 aromatic carbocycles. The van der Waals surface area contributed by atoms with Crippen LogP contribution in [0.2, 0.25) is 0 Å². The lowest BCUT2D eigenvalue weighted by Crippen LogP contribution is -2.37. The molecule has 0 spiro atoms. The molecule has 1 aliphatic heterocycles. The molecular formula is C23H24N4O4. The molecule has 2 aliphatic rings. The number of phenols is 1. The van der Waals surface area contributed by atoms with Gasteiger partial charge in [0.2, 0.25) is 0 Å². The number of hydrazone groups is 2. The maximum absolute atomic E-state index is 12.8. The van der Waals surface area contributed by atoms with Crippen molar-refractivity contribution in [2.45, 2.75) is 45.1 Å². The van der Waals surface area contributed by atoms with E-state index in [-0.39, 0.29) is 29.0 Å². The van der Waals surface area contributed by atoms with Gasteiger partial charge in [-0.25, -0.2) is 9.80 Å². The summed E-state index contributed by atoms with van der Waals surface area (Å²) in [6.45, 7) is 1.74. The number of nitrogens with one attached hydrogen (secondary N) is 1. The number of anilines is 1. The molecule has 0 bridgehead atoms. The Morgan fingerprint density at radius 3 is 2.65 bits per heavy atom. The average molecular weight is 420 g/mol. The summed E-state index contributed by atoms with van der Waals surface area (Å²) in [7, 11) is 0. The molecule has 3 N–H and O–H groups in total. The van der Waals surface area contributed by atoms with Gasteiger partial charge in [0.15, 0.2) is 5.71 Å². The van der Waals surface area contributed by atoms with Gasteiger partial charge >= 0.3 is 5.97 Å². The summed E-state index contributed by atoms with van der Waals surface area (Å²) in [5, 5.41) is 30.1. The lowest BCUT2D eigenvalue weighted by Gasteiger charge is -2.27. The number of hydrogen-bond donors (Lipinski definition) is 3. The zero-order chi connectivity index (χ0) is 22.0. The molecular weight excluding hydrogens is 396 g/mol. The second kappa shape index (κ2) is 8.59. The maximum Gasteiger partial charge on any atom is 0.335 e. The molecule has 0 saturated heterocycles. The van der Waals surface area contributed by atoms with Crippen molar-refractivity contribution in [2.75, 3.05) is 5.43 Å². The van der Waals surface area contributed by atoms with Crippen molar-refractivity contribution in [3.63, 3.8) is 0 Å². The molecule has 1 saturated carbocycles. The fourth-order valence-electron chi connectivity index (χ4n) is 4.02. The third-order valence-corrected chi connectivity index (χ3v) is 5.68. The largest absolute Gasteiger partial charge is 0.505 e. The monoisotopic (exact) mass is 420 g/mol. The zero-order valence-electron chi connectivity index (χ0n) is 17.2. The Labute approximate surface area is 179 Å². The Kier molecular flexibility index (Phi) is 5.70. The van der Waals surface area contributed by atoms with Crippen LogP contribution in [0.4, 0.5) is 5.69 Å². The van der Waals surface area contributed by atoms with Crippen LogP contribution in [0.5, 0.6) is 5.75 Å². The number of rotatable bonds is 5. The number of phenolic OH excluding ortho intramolecular Hbond substituents is 1. The normalized spacial score (nSPS) is 18.4. The summed E-state index contributed by atoms with van der Waals surface area (Å²) < 4.78 is 0. The van der Waals surface area contributed by atoms with E-state index in [1.165, 1.54) is 18.6 Å². The van der Waals surface area contributed by atoms with Crippen molar-refractivity contribution in [3.8, 4) is 16.9 Å². The quantitative estimate of drug-likeness (QED) is 0.498. The second-order valence-corrected chi connectivity index (χ2v) is 7.79. The Bertz CT molecular complexity index is 1090. The number of carbonyl (C=O) groups is 2. The van der Waals surface area contributed by atoms with E-state index in [1.807, 2.05) is 0 Å². The van der Waals surface area contributed by atoms with Crippen molar-refractivity contribution in [3.05, 3.63) is 48.0 Å². The Hall–Kier alpha value is -3.68. The van der Waals surface area contributed by atoms with Gasteiger partial charge in [0, 0.05) is 5.56 Å². The molecule has 8 heteroatoms. The van der Waals surface area contributed by atoms with Crippen LogP contribution >= 0.6 is 0 Å². The predicted octanol–water partition coefficient (Wildman–Crippen LogP) is 4.08. The highest BCUT2D eigenvalue weighted by atomic mass is 16.4. The molecule has 1 aliphatic carbocycles. The van der Waals surface area contributed by atoms with Gasteiger partial charge in [-0.15, -0.1) is 0 Å². The molecule has 0 unspecified atom stereocenters. The third-order valence-electron chi connectivity index (χ3n) is 5.68. The van der Waals surface area contributed by atoms with Gasteiger partial charge in [-0.3, -0.25) is 10.2 Å². The van der Waals surface area contributed by atoms with E-state index in [0.717, 1.165) is 25.7 Å². The molecule has 8 nitrogen and oxygen atoms in total. The molecule has 2 aromatic rings. The molecule has 31 heavy (non-hydrogen) atoms. The van der Waals surface area contributed by atoms with Crippen molar-refractivity contribution in [1.29, 1.82) is 0 Å². The highest BCUT2D eigenvalue weighted by molar-refractivity contribution is 6.68. The first-order valence-corrected chi connectivity index (χ1v) is 10.3. The smallest absolute Gasteiger partial charge is 0.335 e. The minimum Gasteiger partial charge on any atom is -0.505 e. The summed E-state index contributed by atoms with van der Waals surface area (Å²) in [6, 6.07) is 11.5. The van der Waals surface area contributed by atoms with E-state index >= 15 is 0 Å². The van der Waals surface area contributed by atoms with Crippen molar-refractivity contribution in [2.24, 2.45) is 10.2 Å². The predicted molar refractivity (Wildman–Crippen MR) is 118 cm³/mol. The van der Waals surface area contributed by atoms with Crippen LogP contribution < -0.4 is 5.43 Å². The fourth-order valence-corrected chi connectivity index (χ4v) is 4.02. The first kappa shape index (κ1) is 20.6. The van der Waals surface area contributed by atoms with Crippen molar-refractivity contribution < 1.29 is 19.8 Å². The van der Waals surface area contributed by atoms with E-state index in [4.69, 9.17) is 0 Å². The van der Waals surface area contributed by atoms with E-state index in [2.05, 4.69) is 15.6 Å². The summed E-state index contributed by atoms with van der Waals surface area (Å²) in [6.07, 6.45) is 5.27. The number of benzene rings is 2. The molecule has 1 heterocycles. The van der Waals surface area contributed by atoms with Gasteiger partial charge in [-0.1, -0.05) is 43.5 Å². The number of hydrogen-bond acceptors (Lipinski definition) is 6. The van der Waals surface area contributed by atoms with Gasteiger partial charge in [-0.05, 0) is 43.5 Å². The van der Waals surface area contributed by atoms with E-state index in [9.17, 15) is 19.8 Å². The lowest BCUT2D eigenvalue weighted by molar-refractivity contribution is -0.126. The lowest BCUT2D eigenvalue weighted by atomic mass is 9.95. The minimum absolute atomic E-state index is 0.0847. The number of nitrogens with zero attached hydrogens (tertiary/aromatic N) is 3. The highest BCUT2D eigenvalue weighted by Gasteiger charge is 2.35. The van der Waals surface area contributed by atoms with Gasteiger partial charge in [0.25, 0.3) is 5.91 Å². The number of carboxylic acid groups (broad SMARTS) is 1. The average Bonchev–Trinajstić information content (AvgIpc) is 3.07. The Balaban J connectivity index is 1.56. The van der Waals surface area contributed by atoms with Gasteiger partial charge in [-0.2, -0.15) is 10.2 Å². The second-order valence-electron chi connectivity index (χ2n) is 7.79. The molecule has 1 fully saturated rings. The van der Waals surface area contributed by atoms with E-state index in [0.29, 0.717) is 22.5 Å². The van der Waals surface area contributed by atoms with Crippen molar-refractivity contribution >= 4 is 29.0 Å². The number of carboxylic acids is 1. The maximum atomic E-state index is 12.8. The molecule has 0 aromatic heterocycles. The highest BCUT2D eigenvalue weighted by Crippen LogP contribution is 2.36. The standard InChI is InChI=1S/C23H24N4O4/c1-14-20(22(29)27(26-14)17-9-3-2-4-10-17)25-24-19-12-6-11-18(21(19)28)15-7-5-8-16(13-15)23(30)31/h5-8,11-13,17,24,28H,2-4,9-10H2,1H3,(H,30,31). The molecule has 4 rings (SSSR count). The number of carbonyl (C=O) groups excluding carboxylic acids is 1. The van der Waals surface area contributed by atoms with Gasteiger partial charge < -0.3 is 10.2 Å². The molecule has 1 amide bonds. The van der Waals surface area contributed by atoms with Crippen LogP contribution in [0.15, 0.2) is 52.7 Å². The topological polar surface area (TPSA) is 115 Å². The minimum atomic E-state index is -1.04. The summed E-state index contributed by atoms with van der Waals surface area (Å²) in [5.41, 5.74) is 5.00. The molecule has 0 atom stereocenters. The van der Waals surface area contributed by atoms with Crippen LogP contribution in [0.3, 0.4) is 0 Å².